The van der Waals surface area contributed by atoms with Gasteiger partial charge in [0.15, 0.2) is 5.75 Å². The van der Waals surface area contributed by atoms with E-state index in [9.17, 15) is 31.1 Å². The molecule has 0 saturated carbocycles. The van der Waals surface area contributed by atoms with Crippen LogP contribution in [0.2, 0.25) is 0 Å². The molecule has 0 aliphatic carbocycles. The molecule has 3 rings (SSSR count). The van der Waals surface area contributed by atoms with Crippen molar-refractivity contribution in [2.24, 2.45) is 0 Å². The van der Waals surface area contributed by atoms with Crippen molar-refractivity contribution in [3.63, 3.8) is 0 Å². The number of rotatable bonds is 1. The fourth-order valence-electron chi connectivity index (χ4n) is 2.91. The molecule has 1 N–H and O–H groups in total. The number of alkyl halides is 6. The van der Waals surface area contributed by atoms with E-state index in [1.807, 2.05) is 0 Å². The summed E-state index contributed by atoms with van der Waals surface area (Å²) < 4.78 is 83.1. The summed E-state index contributed by atoms with van der Waals surface area (Å²) in [5, 5.41) is -0.373. The number of aromatic nitrogens is 1. The molecule has 2 aromatic rings. The minimum atomic E-state index is -4.81. The average Bonchev–Trinajstić information content (AvgIpc) is 2.46. The van der Waals surface area contributed by atoms with E-state index >= 15 is 0 Å². The van der Waals surface area contributed by atoms with Crippen LogP contribution in [0.1, 0.15) is 12.0 Å². The summed E-state index contributed by atoms with van der Waals surface area (Å²) >= 11 is 0. The number of nitrogens with zero attached hydrogens (tertiary/aromatic N) is 1. The third-order valence-corrected chi connectivity index (χ3v) is 4.06. The molecule has 0 fully saturated rings. The maximum Gasteiger partial charge on any atom is 0.417 e. The van der Waals surface area contributed by atoms with Gasteiger partial charge in [0.05, 0.1) is 34.6 Å². The Labute approximate surface area is 137 Å². The van der Waals surface area contributed by atoms with Crippen molar-refractivity contribution < 1.29 is 31.1 Å². The summed E-state index contributed by atoms with van der Waals surface area (Å²) in [5.74, 6) is -0.193. The predicted molar refractivity (Wildman–Crippen MR) is 77.9 cm³/mol. The zero-order valence-electron chi connectivity index (χ0n) is 12.8. The van der Waals surface area contributed by atoms with Crippen LogP contribution in [0.3, 0.4) is 0 Å². The number of ether oxygens (including phenoxy) is 1. The number of likely N-dealkylation sites (N-methyl/N-ethyl adjacent to an activating group) is 1. The van der Waals surface area contributed by atoms with Crippen LogP contribution in [-0.2, 0) is 6.18 Å². The lowest BCUT2D eigenvalue weighted by atomic mass is 10.0. The predicted octanol–water partition coefficient (Wildman–Crippen LogP) is 3.70. The summed E-state index contributed by atoms with van der Waals surface area (Å²) in [7, 11) is 1.36. The van der Waals surface area contributed by atoms with Crippen LogP contribution >= 0.6 is 0 Å². The summed E-state index contributed by atoms with van der Waals surface area (Å²) in [6.07, 6.45) is -10.4. The molecule has 1 aliphatic heterocycles. The standard InChI is InChI=1S/C15H12F6N2O2/c1-23-7(5-14(16,17)18)6-25-13-10(23)3-2-9-12(13)8(15(19,20)21)4-11(24)22-9/h2-4,7H,5-6H2,1H3,(H,22,24). The van der Waals surface area contributed by atoms with Crippen LogP contribution in [0.4, 0.5) is 32.0 Å². The van der Waals surface area contributed by atoms with E-state index in [0.29, 0.717) is 6.07 Å². The van der Waals surface area contributed by atoms with Crippen molar-refractivity contribution in [3.8, 4) is 5.75 Å². The van der Waals surface area contributed by atoms with Crippen molar-refractivity contribution in [2.45, 2.75) is 24.8 Å². The first-order chi connectivity index (χ1) is 11.5. The molecular weight excluding hydrogens is 354 g/mol. The highest BCUT2D eigenvalue weighted by molar-refractivity contribution is 5.94. The number of aromatic amines is 1. The van der Waals surface area contributed by atoms with E-state index in [0.717, 1.165) is 0 Å². The van der Waals surface area contributed by atoms with E-state index in [1.165, 1.54) is 24.1 Å². The number of nitrogens with one attached hydrogen (secondary N) is 1. The zero-order valence-corrected chi connectivity index (χ0v) is 12.8. The van der Waals surface area contributed by atoms with Gasteiger partial charge in [-0.15, -0.1) is 0 Å². The van der Waals surface area contributed by atoms with Crippen molar-refractivity contribution in [2.75, 3.05) is 18.6 Å². The zero-order chi connectivity index (χ0) is 18.6. The Bertz CT molecular complexity index is 871. The second-order valence-electron chi connectivity index (χ2n) is 5.78. The van der Waals surface area contributed by atoms with Gasteiger partial charge in [-0.2, -0.15) is 26.3 Å². The first-order valence-electron chi connectivity index (χ1n) is 7.17. The fourth-order valence-corrected chi connectivity index (χ4v) is 2.91. The molecule has 0 saturated heterocycles. The Morgan fingerprint density at radius 1 is 1.24 bits per heavy atom. The van der Waals surface area contributed by atoms with Crippen molar-refractivity contribution >= 4 is 16.6 Å². The van der Waals surface area contributed by atoms with Crippen LogP contribution in [0.5, 0.6) is 5.75 Å². The number of benzene rings is 1. The topological polar surface area (TPSA) is 45.3 Å². The molecule has 2 heterocycles. The van der Waals surface area contributed by atoms with E-state index in [4.69, 9.17) is 4.74 Å². The van der Waals surface area contributed by atoms with Crippen LogP contribution < -0.4 is 15.2 Å². The Morgan fingerprint density at radius 2 is 1.92 bits per heavy atom. The first-order valence-corrected chi connectivity index (χ1v) is 7.17. The van der Waals surface area contributed by atoms with Gasteiger partial charge in [0.2, 0.25) is 5.56 Å². The van der Waals surface area contributed by atoms with Gasteiger partial charge in [-0.25, -0.2) is 0 Å². The van der Waals surface area contributed by atoms with Gasteiger partial charge in [-0.3, -0.25) is 4.79 Å². The van der Waals surface area contributed by atoms with Gasteiger partial charge in [-0.1, -0.05) is 0 Å². The molecule has 0 bridgehead atoms. The number of hydrogen-bond acceptors (Lipinski definition) is 3. The average molecular weight is 366 g/mol. The molecule has 0 radical (unpaired) electrons. The number of halogens is 6. The van der Waals surface area contributed by atoms with Crippen molar-refractivity contribution in [1.29, 1.82) is 0 Å². The largest absolute Gasteiger partial charge is 0.489 e. The lowest BCUT2D eigenvalue weighted by Crippen LogP contribution is -2.43. The minimum Gasteiger partial charge on any atom is -0.489 e. The van der Waals surface area contributed by atoms with E-state index in [1.54, 1.807) is 0 Å². The second kappa shape index (κ2) is 5.57. The van der Waals surface area contributed by atoms with Gasteiger partial charge in [-0.05, 0) is 12.1 Å². The van der Waals surface area contributed by atoms with E-state index < -0.39 is 42.5 Å². The number of anilines is 1. The van der Waals surface area contributed by atoms with Gasteiger partial charge in [0, 0.05) is 13.1 Å². The quantitative estimate of drug-likeness (QED) is 0.783. The Hall–Kier alpha value is -2.39. The molecule has 1 aromatic carbocycles. The third-order valence-electron chi connectivity index (χ3n) is 4.06. The lowest BCUT2D eigenvalue weighted by molar-refractivity contribution is -0.140. The van der Waals surface area contributed by atoms with Gasteiger partial charge in [0.25, 0.3) is 0 Å². The Kier molecular flexibility index (Phi) is 3.88. The summed E-state index contributed by atoms with van der Waals surface area (Å²) in [6, 6.07) is 1.91. The summed E-state index contributed by atoms with van der Waals surface area (Å²) in [5.41, 5.74) is -2.11. The molecule has 25 heavy (non-hydrogen) atoms. The van der Waals surface area contributed by atoms with Crippen LogP contribution in [0.15, 0.2) is 23.0 Å². The second-order valence-corrected chi connectivity index (χ2v) is 5.78. The molecule has 1 aromatic heterocycles. The SMILES string of the molecule is CN1c2ccc3[nH]c(=O)cc(C(F)(F)F)c3c2OCC1CC(F)(F)F. The molecular formula is C15H12F6N2O2. The fraction of sp³-hybridized carbons (Fsp3) is 0.400. The number of pyridine rings is 1. The highest BCUT2D eigenvalue weighted by Gasteiger charge is 2.39. The number of hydrogen-bond donors (Lipinski definition) is 1. The van der Waals surface area contributed by atoms with Crippen molar-refractivity contribution in [3.05, 3.63) is 34.1 Å². The molecule has 4 nitrogen and oxygen atoms in total. The van der Waals surface area contributed by atoms with E-state index in [2.05, 4.69) is 4.98 Å². The minimum absolute atomic E-state index is 0.0961. The molecule has 1 atom stereocenters. The molecule has 136 valence electrons. The monoisotopic (exact) mass is 366 g/mol. The maximum absolute atomic E-state index is 13.3. The van der Waals surface area contributed by atoms with E-state index in [-0.39, 0.29) is 22.3 Å². The smallest absolute Gasteiger partial charge is 0.417 e. The third kappa shape index (κ3) is 3.24. The highest BCUT2D eigenvalue weighted by atomic mass is 19.4. The molecule has 10 heteroatoms. The lowest BCUT2D eigenvalue weighted by Gasteiger charge is -2.37. The Morgan fingerprint density at radius 3 is 2.52 bits per heavy atom. The highest BCUT2D eigenvalue weighted by Crippen LogP contribution is 2.45. The summed E-state index contributed by atoms with van der Waals surface area (Å²) in [4.78, 5) is 15.0. The molecule has 0 amide bonds. The Balaban J connectivity index is 2.18. The first kappa shape index (κ1) is 17.4. The maximum atomic E-state index is 13.3. The van der Waals surface area contributed by atoms with Crippen LogP contribution in [0, 0.1) is 0 Å². The normalized spacial score (nSPS) is 18.2. The number of fused-ring (bicyclic) bond motifs is 3. The van der Waals surface area contributed by atoms with Crippen LogP contribution in [-0.4, -0.2) is 30.9 Å². The summed E-state index contributed by atoms with van der Waals surface area (Å²) in [6.45, 7) is -0.418. The number of H-pyrrole nitrogens is 1. The van der Waals surface area contributed by atoms with Gasteiger partial charge >= 0.3 is 12.4 Å². The molecule has 0 spiro atoms. The van der Waals surface area contributed by atoms with Gasteiger partial charge < -0.3 is 14.6 Å². The van der Waals surface area contributed by atoms with Gasteiger partial charge in [0.1, 0.15) is 6.61 Å². The van der Waals surface area contributed by atoms with Crippen molar-refractivity contribution in [1.82, 2.24) is 4.98 Å². The molecule has 1 aliphatic rings. The molecule has 1 unspecified atom stereocenters. The van der Waals surface area contributed by atoms with Crippen LogP contribution in [0.25, 0.3) is 10.9 Å².